The maximum absolute atomic E-state index is 12.2. The molecule has 0 radical (unpaired) electrons. The number of alkyl halides is 3. The average Bonchev–Trinajstić information content (AvgIpc) is 2.74. The zero-order valence-electron chi connectivity index (χ0n) is 11.6. The van der Waals surface area contributed by atoms with Crippen LogP contribution in [0.25, 0.3) is 0 Å². The SMILES string of the molecule is CC(C)NC1CCN(c2cccc(OC(F)(F)F)c2)C1. The van der Waals surface area contributed by atoms with E-state index < -0.39 is 6.36 Å². The summed E-state index contributed by atoms with van der Waals surface area (Å²) in [6.45, 7) is 5.80. The molecule has 1 aromatic carbocycles. The van der Waals surface area contributed by atoms with Crippen molar-refractivity contribution in [3.8, 4) is 5.75 Å². The Morgan fingerprint density at radius 1 is 1.35 bits per heavy atom. The largest absolute Gasteiger partial charge is 0.573 e. The minimum atomic E-state index is -4.65. The molecule has 0 amide bonds. The van der Waals surface area contributed by atoms with E-state index in [9.17, 15) is 13.2 Å². The van der Waals surface area contributed by atoms with Gasteiger partial charge in [0.25, 0.3) is 0 Å². The molecule has 6 heteroatoms. The number of rotatable bonds is 4. The highest BCUT2D eigenvalue weighted by atomic mass is 19.4. The van der Waals surface area contributed by atoms with E-state index >= 15 is 0 Å². The number of nitrogens with zero attached hydrogens (tertiary/aromatic N) is 1. The molecular formula is C14H19F3N2O. The predicted octanol–water partition coefficient (Wildman–Crippen LogP) is 3.16. The van der Waals surface area contributed by atoms with E-state index in [2.05, 4.69) is 28.8 Å². The molecule has 1 atom stereocenters. The Hall–Kier alpha value is -1.43. The Kier molecular flexibility index (Phi) is 4.42. The summed E-state index contributed by atoms with van der Waals surface area (Å²) in [5.74, 6) is -0.171. The van der Waals surface area contributed by atoms with Crippen LogP contribution in [-0.2, 0) is 0 Å². The summed E-state index contributed by atoms with van der Waals surface area (Å²) in [7, 11) is 0. The summed E-state index contributed by atoms with van der Waals surface area (Å²) in [4.78, 5) is 2.07. The highest BCUT2D eigenvalue weighted by molar-refractivity contribution is 5.51. The molecule has 1 aliphatic heterocycles. The van der Waals surface area contributed by atoms with Gasteiger partial charge in [0.2, 0.25) is 0 Å². The van der Waals surface area contributed by atoms with Crippen molar-refractivity contribution < 1.29 is 17.9 Å². The predicted molar refractivity (Wildman–Crippen MR) is 72.0 cm³/mol. The number of ether oxygens (including phenoxy) is 1. The van der Waals surface area contributed by atoms with Gasteiger partial charge in [-0.05, 0) is 18.6 Å². The molecule has 2 rings (SSSR count). The van der Waals surface area contributed by atoms with E-state index in [1.165, 1.54) is 12.1 Å². The van der Waals surface area contributed by atoms with Gasteiger partial charge in [-0.3, -0.25) is 0 Å². The summed E-state index contributed by atoms with van der Waals surface area (Å²) in [5, 5.41) is 3.44. The van der Waals surface area contributed by atoms with Crippen molar-refractivity contribution in [1.29, 1.82) is 0 Å². The van der Waals surface area contributed by atoms with Gasteiger partial charge in [0.1, 0.15) is 5.75 Å². The standard InChI is InChI=1S/C14H19F3N2O/c1-10(2)18-11-6-7-19(9-11)12-4-3-5-13(8-12)20-14(15,16)17/h3-5,8,10-11,18H,6-7,9H2,1-2H3. The van der Waals surface area contributed by atoms with Gasteiger partial charge in [0.05, 0.1) is 0 Å². The molecule has 1 aromatic rings. The average molecular weight is 288 g/mol. The molecular weight excluding hydrogens is 269 g/mol. The van der Waals surface area contributed by atoms with Gasteiger partial charge in [-0.2, -0.15) is 0 Å². The quantitative estimate of drug-likeness (QED) is 0.921. The van der Waals surface area contributed by atoms with Crippen molar-refractivity contribution in [3.05, 3.63) is 24.3 Å². The van der Waals surface area contributed by atoms with E-state index in [-0.39, 0.29) is 5.75 Å². The Bertz CT molecular complexity index is 448. The molecule has 1 saturated heterocycles. The Balaban J connectivity index is 2.01. The fourth-order valence-corrected chi connectivity index (χ4v) is 2.48. The molecule has 0 saturated carbocycles. The zero-order valence-corrected chi connectivity index (χ0v) is 11.6. The van der Waals surface area contributed by atoms with Crippen LogP contribution in [0.15, 0.2) is 24.3 Å². The van der Waals surface area contributed by atoms with Gasteiger partial charge >= 0.3 is 6.36 Å². The van der Waals surface area contributed by atoms with Gasteiger partial charge in [0, 0.05) is 36.9 Å². The Morgan fingerprint density at radius 2 is 2.10 bits per heavy atom. The minimum absolute atomic E-state index is 0.171. The minimum Gasteiger partial charge on any atom is -0.406 e. The number of benzene rings is 1. The number of hydrogen-bond acceptors (Lipinski definition) is 3. The third-order valence-electron chi connectivity index (χ3n) is 3.17. The molecule has 0 aliphatic carbocycles. The van der Waals surface area contributed by atoms with Crippen LogP contribution >= 0.6 is 0 Å². The van der Waals surface area contributed by atoms with Crippen LogP contribution in [0.2, 0.25) is 0 Å². The van der Waals surface area contributed by atoms with Crippen molar-refractivity contribution in [3.63, 3.8) is 0 Å². The highest BCUT2D eigenvalue weighted by Crippen LogP contribution is 2.28. The molecule has 1 N–H and O–H groups in total. The third-order valence-corrected chi connectivity index (χ3v) is 3.17. The normalized spacial score (nSPS) is 19.7. The second-order valence-corrected chi connectivity index (χ2v) is 5.30. The van der Waals surface area contributed by atoms with E-state index in [1.807, 2.05) is 0 Å². The molecule has 1 aliphatic rings. The van der Waals surface area contributed by atoms with Crippen LogP contribution in [-0.4, -0.2) is 31.5 Å². The molecule has 1 unspecified atom stereocenters. The summed E-state index contributed by atoms with van der Waals surface area (Å²) in [6, 6.07) is 6.92. The second kappa shape index (κ2) is 5.91. The van der Waals surface area contributed by atoms with Gasteiger partial charge in [-0.1, -0.05) is 19.9 Å². The van der Waals surface area contributed by atoms with Crippen LogP contribution in [0.3, 0.4) is 0 Å². The Labute approximate surface area is 116 Å². The molecule has 1 heterocycles. The zero-order chi connectivity index (χ0) is 14.8. The molecule has 20 heavy (non-hydrogen) atoms. The molecule has 0 bridgehead atoms. The Morgan fingerprint density at radius 3 is 2.75 bits per heavy atom. The van der Waals surface area contributed by atoms with Crippen molar-refractivity contribution in [2.75, 3.05) is 18.0 Å². The summed E-state index contributed by atoms with van der Waals surface area (Å²) < 4.78 is 40.6. The van der Waals surface area contributed by atoms with E-state index in [0.717, 1.165) is 25.2 Å². The van der Waals surface area contributed by atoms with Crippen LogP contribution in [0, 0.1) is 0 Å². The molecule has 0 spiro atoms. The first kappa shape index (κ1) is 15.0. The third kappa shape index (κ3) is 4.30. The topological polar surface area (TPSA) is 24.5 Å². The molecule has 3 nitrogen and oxygen atoms in total. The van der Waals surface area contributed by atoms with E-state index in [1.54, 1.807) is 12.1 Å². The van der Waals surface area contributed by atoms with Gasteiger partial charge in [0.15, 0.2) is 0 Å². The number of halogens is 3. The first-order valence-electron chi connectivity index (χ1n) is 6.70. The maximum Gasteiger partial charge on any atom is 0.573 e. The molecule has 112 valence electrons. The lowest BCUT2D eigenvalue weighted by Crippen LogP contribution is -2.37. The fraction of sp³-hybridized carbons (Fsp3) is 0.571. The van der Waals surface area contributed by atoms with Crippen molar-refractivity contribution in [2.45, 2.75) is 38.7 Å². The van der Waals surface area contributed by atoms with Crippen LogP contribution in [0.4, 0.5) is 18.9 Å². The van der Waals surface area contributed by atoms with Gasteiger partial charge < -0.3 is 15.0 Å². The lowest BCUT2D eigenvalue weighted by Gasteiger charge is -2.21. The summed E-state index contributed by atoms with van der Waals surface area (Å²) in [6.07, 6.45) is -3.66. The van der Waals surface area contributed by atoms with Crippen LogP contribution in [0.5, 0.6) is 5.75 Å². The van der Waals surface area contributed by atoms with E-state index in [0.29, 0.717) is 12.1 Å². The van der Waals surface area contributed by atoms with Crippen LogP contribution < -0.4 is 15.0 Å². The van der Waals surface area contributed by atoms with Crippen molar-refractivity contribution in [2.24, 2.45) is 0 Å². The van der Waals surface area contributed by atoms with Crippen molar-refractivity contribution >= 4 is 5.69 Å². The van der Waals surface area contributed by atoms with Crippen molar-refractivity contribution in [1.82, 2.24) is 5.32 Å². The van der Waals surface area contributed by atoms with Crippen LogP contribution in [0.1, 0.15) is 20.3 Å². The lowest BCUT2D eigenvalue weighted by atomic mass is 10.2. The molecule has 0 aromatic heterocycles. The lowest BCUT2D eigenvalue weighted by molar-refractivity contribution is -0.274. The number of nitrogens with one attached hydrogen (secondary N) is 1. The smallest absolute Gasteiger partial charge is 0.406 e. The summed E-state index contributed by atoms with van der Waals surface area (Å²) >= 11 is 0. The summed E-state index contributed by atoms with van der Waals surface area (Å²) in [5.41, 5.74) is 0.764. The van der Waals surface area contributed by atoms with Gasteiger partial charge in [-0.15, -0.1) is 13.2 Å². The van der Waals surface area contributed by atoms with E-state index in [4.69, 9.17) is 0 Å². The number of hydrogen-bond donors (Lipinski definition) is 1. The molecule has 1 fully saturated rings. The van der Waals surface area contributed by atoms with Gasteiger partial charge in [-0.25, -0.2) is 0 Å². The fourth-order valence-electron chi connectivity index (χ4n) is 2.48. The number of anilines is 1. The highest BCUT2D eigenvalue weighted by Gasteiger charge is 2.31. The maximum atomic E-state index is 12.2. The first-order valence-corrected chi connectivity index (χ1v) is 6.70. The second-order valence-electron chi connectivity index (χ2n) is 5.30. The first-order chi connectivity index (χ1) is 9.33. The monoisotopic (exact) mass is 288 g/mol.